The minimum absolute atomic E-state index is 0.00438. The number of hydrogen-bond donors (Lipinski definition) is 2. The Morgan fingerprint density at radius 3 is 2.44 bits per heavy atom. The van der Waals surface area contributed by atoms with E-state index < -0.39 is 0 Å². The van der Waals surface area contributed by atoms with Crippen molar-refractivity contribution in [2.24, 2.45) is 11.3 Å². The van der Waals surface area contributed by atoms with Gasteiger partial charge in [-0.2, -0.15) is 0 Å². The minimum Gasteiger partial charge on any atom is -0.393 e. The number of aliphatic hydroxyl groups excluding tert-OH is 1. The SMILES string of the molecule is CN(CC1CCNCC1)C(=O)c1cnc(N2CCC3(CCC3O)CC2)nc1. The Labute approximate surface area is 161 Å². The Bertz CT molecular complexity index is 651. The fraction of sp³-hybridized carbons (Fsp3) is 0.750. The van der Waals surface area contributed by atoms with Crippen LogP contribution < -0.4 is 10.2 Å². The van der Waals surface area contributed by atoms with Crippen molar-refractivity contribution >= 4 is 11.9 Å². The maximum Gasteiger partial charge on any atom is 0.256 e. The molecule has 148 valence electrons. The van der Waals surface area contributed by atoms with Gasteiger partial charge in [0.2, 0.25) is 5.95 Å². The predicted octanol–water partition coefficient (Wildman–Crippen LogP) is 1.29. The Morgan fingerprint density at radius 1 is 1.22 bits per heavy atom. The first-order valence-electron chi connectivity index (χ1n) is 10.3. The summed E-state index contributed by atoms with van der Waals surface area (Å²) in [5.41, 5.74) is 0.696. The molecule has 0 aromatic carbocycles. The molecule has 4 rings (SSSR count). The summed E-state index contributed by atoms with van der Waals surface area (Å²) in [6, 6.07) is 0. The van der Waals surface area contributed by atoms with Crippen LogP contribution >= 0.6 is 0 Å². The number of carbonyl (C=O) groups is 1. The monoisotopic (exact) mass is 373 g/mol. The molecule has 1 unspecified atom stereocenters. The van der Waals surface area contributed by atoms with Gasteiger partial charge in [0.1, 0.15) is 0 Å². The summed E-state index contributed by atoms with van der Waals surface area (Å²) in [7, 11) is 1.87. The van der Waals surface area contributed by atoms with E-state index in [2.05, 4.69) is 20.2 Å². The van der Waals surface area contributed by atoms with Crippen molar-refractivity contribution in [3.8, 4) is 0 Å². The number of piperidine rings is 2. The van der Waals surface area contributed by atoms with Gasteiger partial charge < -0.3 is 20.2 Å². The molecule has 27 heavy (non-hydrogen) atoms. The second kappa shape index (κ2) is 7.72. The normalized spacial score (nSPS) is 25.3. The molecule has 0 radical (unpaired) electrons. The number of anilines is 1. The van der Waals surface area contributed by atoms with Crippen molar-refractivity contribution in [1.29, 1.82) is 0 Å². The molecule has 1 aromatic heterocycles. The fourth-order valence-corrected chi connectivity index (χ4v) is 4.77. The Kier molecular flexibility index (Phi) is 5.32. The van der Waals surface area contributed by atoms with Gasteiger partial charge in [0.05, 0.1) is 11.7 Å². The highest BCUT2D eigenvalue weighted by Gasteiger charge is 2.47. The number of carbonyl (C=O) groups excluding carboxylic acids is 1. The van der Waals surface area contributed by atoms with E-state index in [-0.39, 0.29) is 17.4 Å². The first kappa shape index (κ1) is 18.6. The quantitative estimate of drug-likeness (QED) is 0.828. The molecule has 7 heteroatoms. The number of rotatable bonds is 4. The number of nitrogens with one attached hydrogen (secondary N) is 1. The zero-order valence-electron chi connectivity index (χ0n) is 16.2. The molecule has 1 spiro atoms. The van der Waals surface area contributed by atoms with Crippen LogP contribution in [0.15, 0.2) is 12.4 Å². The van der Waals surface area contributed by atoms with Gasteiger partial charge in [0.25, 0.3) is 5.91 Å². The largest absolute Gasteiger partial charge is 0.393 e. The molecule has 1 aromatic rings. The van der Waals surface area contributed by atoms with Crippen LogP contribution in [0.1, 0.15) is 48.9 Å². The molecular weight excluding hydrogens is 342 g/mol. The Morgan fingerprint density at radius 2 is 1.89 bits per heavy atom. The number of amides is 1. The third-order valence-corrected chi connectivity index (χ3v) is 6.89. The predicted molar refractivity (Wildman–Crippen MR) is 104 cm³/mol. The molecule has 3 fully saturated rings. The van der Waals surface area contributed by atoms with Crippen LogP contribution in [0.5, 0.6) is 0 Å². The van der Waals surface area contributed by atoms with Gasteiger partial charge in [0.15, 0.2) is 0 Å². The van der Waals surface area contributed by atoms with Crippen LogP contribution in [-0.4, -0.2) is 71.8 Å². The van der Waals surface area contributed by atoms with Crippen molar-refractivity contribution in [3.63, 3.8) is 0 Å². The molecule has 1 amide bonds. The molecule has 0 bridgehead atoms. The van der Waals surface area contributed by atoms with Crippen LogP contribution in [0, 0.1) is 11.3 Å². The summed E-state index contributed by atoms with van der Waals surface area (Å²) < 4.78 is 0. The number of hydrogen-bond acceptors (Lipinski definition) is 6. The van der Waals surface area contributed by atoms with Crippen molar-refractivity contribution < 1.29 is 9.90 Å². The molecule has 1 atom stereocenters. The highest BCUT2D eigenvalue weighted by Crippen LogP contribution is 2.49. The van der Waals surface area contributed by atoms with Crippen LogP contribution in [0.25, 0.3) is 0 Å². The van der Waals surface area contributed by atoms with E-state index in [1.165, 1.54) is 0 Å². The molecule has 3 aliphatic rings. The van der Waals surface area contributed by atoms with Gasteiger partial charge in [-0.15, -0.1) is 0 Å². The maximum atomic E-state index is 12.7. The van der Waals surface area contributed by atoms with Gasteiger partial charge >= 0.3 is 0 Å². The van der Waals surface area contributed by atoms with Crippen LogP contribution in [0.3, 0.4) is 0 Å². The fourth-order valence-electron chi connectivity index (χ4n) is 4.77. The molecule has 1 aliphatic carbocycles. The lowest BCUT2D eigenvalue weighted by Crippen LogP contribution is -2.52. The standard InChI is InChI=1S/C20H31N5O2/c1-24(14-15-3-8-21-9-4-15)18(27)16-12-22-19(23-13-16)25-10-6-20(7-11-25)5-2-17(20)26/h12-13,15,17,21,26H,2-11,14H2,1H3. The second-order valence-electron chi connectivity index (χ2n) is 8.55. The van der Waals surface area contributed by atoms with E-state index >= 15 is 0 Å². The zero-order chi connectivity index (χ0) is 18.9. The number of aliphatic hydroxyl groups is 1. The first-order valence-corrected chi connectivity index (χ1v) is 10.3. The van der Waals surface area contributed by atoms with Crippen LogP contribution in [0.2, 0.25) is 0 Å². The topological polar surface area (TPSA) is 81.6 Å². The molecule has 7 nitrogen and oxygen atoms in total. The van der Waals surface area contributed by atoms with E-state index in [4.69, 9.17) is 0 Å². The number of aromatic nitrogens is 2. The zero-order valence-corrected chi connectivity index (χ0v) is 16.2. The minimum atomic E-state index is -0.129. The third kappa shape index (κ3) is 3.80. The van der Waals surface area contributed by atoms with E-state index in [9.17, 15) is 9.90 Å². The van der Waals surface area contributed by atoms with Crippen molar-refractivity contribution in [2.45, 2.75) is 44.6 Å². The van der Waals surface area contributed by atoms with Crippen molar-refractivity contribution in [3.05, 3.63) is 18.0 Å². The van der Waals surface area contributed by atoms with Crippen LogP contribution in [-0.2, 0) is 0 Å². The average Bonchev–Trinajstić information content (AvgIpc) is 2.73. The second-order valence-corrected chi connectivity index (χ2v) is 8.55. The average molecular weight is 374 g/mol. The molecule has 1 saturated carbocycles. The maximum absolute atomic E-state index is 12.7. The molecular formula is C20H31N5O2. The number of nitrogens with zero attached hydrogens (tertiary/aromatic N) is 4. The molecule has 2 N–H and O–H groups in total. The smallest absolute Gasteiger partial charge is 0.256 e. The van der Waals surface area contributed by atoms with E-state index in [1.807, 2.05) is 7.05 Å². The summed E-state index contributed by atoms with van der Waals surface area (Å²) in [5.74, 6) is 1.26. The molecule has 2 saturated heterocycles. The summed E-state index contributed by atoms with van der Waals surface area (Å²) in [6.07, 6.45) is 9.51. The lowest BCUT2D eigenvalue weighted by Gasteiger charge is -2.51. The van der Waals surface area contributed by atoms with Gasteiger partial charge in [0, 0.05) is 39.1 Å². The van der Waals surface area contributed by atoms with E-state index in [0.29, 0.717) is 17.4 Å². The summed E-state index contributed by atoms with van der Waals surface area (Å²) in [5, 5.41) is 13.4. The van der Waals surface area contributed by atoms with Crippen molar-refractivity contribution in [1.82, 2.24) is 20.2 Å². The van der Waals surface area contributed by atoms with E-state index in [1.54, 1.807) is 17.3 Å². The summed E-state index contributed by atoms with van der Waals surface area (Å²) in [4.78, 5) is 25.6. The van der Waals surface area contributed by atoms with Gasteiger partial charge in [-0.05, 0) is 62.9 Å². The highest BCUT2D eigenvalue weighted by molar-refractivity contribution is 5.93. The molecule has 3 heterocycles. The Hall–Kier alpha value is -1.73. The van der Waals surface area contributed by atoms with Crippen molar-refractivity contribution in [2.75, 3.05) is 44.7 Å². The van der Waals surface area contributed by atoms with Gasteiger partial charge in [-0.1, -0.05) is 0 Å². The van der Waals surface area contributed by atoms with Gasteiger partial charge in [-0.25, -0.2) is 9.97 Å². The highest BCUT2D eigenvalue weighted by atomic mass is 16.3. The van der Waals surface area contributed by atoms with E-state index in [0.717, 1.165) is 71.2 Å². The molecule has 2 aliphatic heterocycles. The van der Waals surface area contributed by atoms with Crippen LogP contribution in [0.4, 0.5) is 5.95 Å². The first-order chi connectivity index (χ1) is 13.1. The van der Waals surface area contributed by atoms with Gasteiger partial charge in [-0.3, -0.25) is 4.79 Å². The Balaban J connectivity index is 1.32. The lowest BCUT2D eigenvalue weighted by molar-refractivity contribution is -0.0794. The summed E-state index contributed by atoms with van der Waals surface area (Å²) >= 11 is 0. The lowest BCUT2D eigenvalue weighted by atomic mass is 9.61. The summed E-state index contributed by atoms with van der Waals surface area (Å²) in [6.45, 7) is 4.62. The third-order valence-electron chi connectivity index (χ3n) is 6.89.